The Morgan fingerprint density at radius 3 is 2.64 bits per heavy atom. The molecule has 1 amide bonds. The summed E-state index contributed by atoms with van der Waals surface area (Å²) < 4.78 is 1.81. The van der Waals surface area contributed by atoms with Gasteiger partial charge in [-0.3, -0.25) is 4.68 Å². The Morgan fingerprint density at radius 2 is 1.93 bits per heavy atom. The molecule has 4 aromatic rings. The van der Waals surface area contributed by atoms with Crippen molar-refractivity contribution in [2.24, 2.45) is 7.05 Å². The molecule has 0 atom stereocenters. The lowest BCUT2D eigenvalue weighted by atomic mass is 9.97. The number of hydrogen-bond donors (Lipinski definition) is 2. The van der Waals surface area contributed by atoms with E-state index in [4.69, 9.17) is 5.11 Å². The summed E-state index contributed by atoms with van der Waals surface area (Å²) in [7, 11) is 1.92. The SMILES string of the molecule is Cn1cc(-c2ccc3c(c2)[nH]c2ccc(C4=CCN(C(=O)O)CC4)cc23)cn1. The maximum absolute atomic E-state index is 11.1. The fourth-order valence-corrected chi connectivity index (χ4v) is 3.96. The molecule has 0 spiro atoms. The van der Waals surface area contributed by atoms with Crippen LogP contribution in [0.4, 0.5) is 4.79 Å². The van der Waals surface area contributed by atoms with E-state index in [0.717, 1.165) is 34.1 Å². The summed E-state index contributed by atoms with van der Waals surface area (Å²) in [6.45, 7) is 0.993. The normalized spacial score (nSPS) is 14.6. The van der Waals surface area contributed by atoms with Crippen LogP contribution in [-0.4, -0.2) is 44.0 Å². The van der Waals surface area contributed by atoms with Crippen LogP contribution in [0.1, 0.15) is 12.0 Å². The molecule has 3 heterocycles. The molecule has 6 nitrogen and oxygen atoms in total. The van der Waals surface area contributed by atoms with Gasteiger partial charge in [-0.15, -0.1) is 0 Å². The molecule has 0 saturated heterocycles. The van der Waals surface area contributed by atoms with Crippen molar-refractivity contribution in [2.75, 3.05) is 13.1 Å². The number of benzene rings is 2. The van der Waals surface area contributed by atoms with E-state index in [1.807, 2.05) is 25.5 Å². The van der Waals surface area contributed by atoms with Gasteiger partial charge in [-0.25, -0.2) is 4.79 Å². The van der Waals surface area contributed by atoms with E-state index in [-0.39, 0.29) is 0 Å². The molecule has 1 aliphatic heterocycles. The molecule has 0 saturated carbocycles. The molecule has 2 N–H and O–H groups in total. The quantitative estimate of drug-likeness (QED) is 0.544. The van der Waals surface area contributed by atoms with Gasteiger partial charge in [0.15, 0.2) is 0 Å². The van der Waals surface area contributed by atoms with Gasteiger partial charge in [0.05, 0.1) is 6.20 Å². The minimum Gasteiger partial charge on any atom is -0.465 e. The lowest BCUT2D eigenvalue weighted by molar-refractivity contribution is 0.150. The first-order valence-electron chi connectivity index (χ1n) is 9.30. The summed E-state index contributed by atoms with van der Waals surface area (Å²) >= 11 is 0. The number of aromatic amines is 1. The van der Waals surface area contributed by atoms with Crippen LogP contribution >= 0.6 is 0 Å². The summed E-state index contributed by atoms with van der Waals surface area (Å²) in [6.07, 6.45) is 5.79. The molecule has 0 bridgehead atoms. The van der Waals surface area contributed by atoms with Gasteiger partial charge in [0, 0.05) is 53.7 Å². The van der Waals surface area contributed by atoms with Crippen molar-refractivity contribution >= 4 is 33.5 Å². The van der Waals surface area contributed by atoms with Gasteiger partial charge in [-0.05, 0) is 41.3 Å². The maximum atomic E-state index is 11.1. The monoisotopic (exact) mass is 372 g/mol. The Bertz CT molecular complexity index is 1250. The Kier molecular flexibility index (Phi) is 3.72. The molecule has 140 valence electrons. The average molecular weight is 372 g/mol. The number of rotatable bonds is 2. The molecule has 2 aromatic carbocycles. The third kappa shape index (κ3) is 2.74. The number of fused-ring (bicyclic) bond motifs is 3. The molecule has 0 radical (unpaired) electrons. The summed E-state index contributed by atoms with van der Waals surface area (Å²) in [5.41, 5.74) is 6.81. The van der Waals surface area contributed by atoms with E-state index in [1.165, 1.54) is 21.2 Å². The molecule has 5 rings (SSSR count). The number of aryl methyl sites for hydroxylation is 1. The molecular weight excluding hydrogens is 352 g/mol. The van der Waals surface area contributed by atoms with Crippen LogP contribution in [-0.2, 0) is 7.05 Å². The van der Waals surface area contributed by atoms with Crippen molar-refractivity contribution in [3.63, 3.8) is 0 Å². The van der Waals surface area contributed by atoms with Gasteiger partial charge in [-0.2, -0.15) is 5.10 Å². The molecule has 0 fully saturated rings. The van der Waals surface area contributed by atoms with Gasteiger partial charge in [0.1, 0.15) is 0 Å². The molecule has 1 aliphatic rings. The van der Waals surface area contributed by atoms with Crippen molar-refractivity contribution in [1.29, 1.82) is 0 Å². The van der Waals surface area contributed by atoms with Gasteiger partial charge < -0.3 is 15.0 Å². The Hall–Kier alpha value is -3.54. The lowest BCUT2D eigenvalue weighted by Crippen LogP contribution is -2.33. The Balaban J connectivity index is 1.54. The van der Waals surface area contributed by atoms with Crippen LogP contribution in [0.15, 0.2) is 54.9 Å². The summed E-state index contributed by atoms with van der Waals surface area (Å²) in [5.74, 6) is 0. The van der Waals surface area contributed by atoms with Crippen molar-refractivity contribution in [1.82, 2.24) is 19.7 Å². The third-order valence-corrected chi connectivity index (χ3v) is 5.49. The highest BCUT2D eigenvalue weighted by molar-refractivity contribution is 6.09. The number of nitrogens with zero attached hydrogens (tertiary/aromatic N) is 3. The minimum atomic E-state index is -0.855. The van der Waals surface area contributed by atoms with Gasteiger partial charge in [0.2, 0.25) is 0 Å². The van der Waals surface area contributed by atoms with Crippen LogP contribution in [0, 0.1) is 0 Å². The second kappa shape index (κ2) is 6.27. The van der Waals surface area contributed by atoms with Crippen LogP contribution in [0.25, 0.3) is 38.5 Å². The minimum absolute atomic E-state index is 0.449. The van der Waals surface area contributed by atoms with E-state index in [0.29, 0.717) is 13.1 Å². The molecular formula is C22H20N4O2. The third-order valence-electron chi connectivity index (χ3n) is 5.49. The van der Waals surface area contributed by atoms with Crippen molar-refractivity contribution in [2.45, 2.75) is 6.42 Å². The van der Waals surface area contributed by atoms with E-state index in [2.05, 4.69) is 46.5 Å². The second-order valence-corrected chi connectivity index (χ2v) is 7.26. The zero-order chi connectivity index (χ0) is 19.3. The van der Waals surface area contributed by atoms with Crippen LogP contribution in [0.5, 0.6) is 0 Å². The highest BCUT2D eigenvalue weighted by atomic mass is 16.4. The molecule has 2 aromatic heterocycles. The number of carboxylic acid groups (broad SMARTS) is 1. The topological polar surface area (TPSA) is 74.2 Å². The number of nitrogens with one attached hydrogen (secondary N) is 1. The van der Waals surface area contributed by atoms with Crippen LogP contribution < -0.4 is 0 Å². The fraction of sp³-hybridized carbons (Fsp3) is 0.182. The van der Waals surface area contributed by atoms with E-state index < -0.39 is 6.09 Å². The maximum Gasteiger partial charge on any atom is 0.407 e. The van der Waals surface area contributed by atoms with Gasteiger partial charge in [0.25, 0.3) is 0 Å². The first-order valence-corrected chi connectivity index (χ1v) is 9.30. The Labute approximate surface area is 161 Å². The molecule has 0 unspecified atom stereocenters. The van der Waals surface area contributed by atoms with E-state index in [1.54, 1.807) is 4.68 Å². The highest BCUT2D eigenvalue weighted by Crippen LogP contribution is 2.32. The van der Waals surface area contributed by atoms with Crippen molar-refractivity contribution < 1.29 is 9.90 Å². The van der Waals surface area contributed by atoms with Crippen molar-refractivity contribution in [3.8, 4) is 11.1 Å². The molecule has 6 heteroatoms. The van der Waals surface area contributed by atoms with Crippen LogP contribution in [0.2, 0.25) is 0 Å². The molecule has 28 heavy (non-hydrogen) atoms. The highest BCUT2D eigenvalue weighted by Gasteiger charge is 2.17. The fourth-order valence-electron chi connectivity index (χ4n) is 3.96. The Morgan fingerprint density at radius 1 is 1.07 bits per heavy atom. The van der Waals surface area contributed by atoms with E-state index >= 15 is 0 Å². The largest absolute Gasteiger partial charge is 0.465 e. The van der Waals surface area contributed by atoms with E-state index in [9.17, 15) is 4.79 Å². The van der Waals surface area contributed by atoms with Gasteiger partial charge >= 0.3 is 6.09 Å². The van der Waals surface area contributed by atoms with Crippen LogP contribution in [0.3, 0.4) is 0 Å². The average Bonchev–Trinajstić information content (AvgIpc) is 3.30. The number of carbonyl (C=O) groups is 1. The standard InChI is InChI=1S/C22H20N4O2/c1-25-13-17(12-23-25)16-2-4-18-19-10-15(3-5-20(19)24-21(18)11-16)14-6-8-26(9-7-14)22(27)28/h2-6,10-13,24H,7-9H2,1H3,(H,27,28). The van der Waals surface area contributed by atoms with Gasteiger partial charge in [-0.1, -0.05) is 24.3 Å². The smallest absolute Gasteiger partial charge is 0.407 e. The number of hydrogen-bond acceptors (Lipinski definition) is 2. The predicted molar refractivity (Wildman–Crippen MR) is 110 cm³/mol. The summed E-state index contributed by atoms with van der Waals surface area (Å²) in [5, 5.41) is 15.8. The number of H-pyrrole nitrogens is 1. The van der Waals surface area contributed by atoms with Crippen molar-refractivity contribution in [3.05, 3.63) is 60.4 Å². The zero-order valence-corrected chi connectivity index (χ0v) is 15.5. The number of aromatic nitrogens is 3. The summed E-state index contributed by atoms with van der Waals surface area (Å²) in [4.78, 5) is 16.1. The lowest BCUT2D eigenvalue weighted by Gasteiger charge is -2.23. The zero-order valence-electron chi connectivity index (χ0n) is 15.5. The first-order chi connectivity index (χ1) is 13.6. The molecule has 0 aliphatic carbocycles. The second-order valence-electron chi connectivity index (χ2n) is 7.26. The predicted octanol–water partition coefficient (Wildman–Crippen LogP) is 4.49. The first kappa shape index (κ1) is 16.6. The number of amides is 1. The summed E-state index contributed by atoms with van der Waals surface area (Å²) in [6, 6.07) is 12.9.